The van der Waals surface area contributed by atoms with Crippen molar-refractivity contribution in [2.24, 2.45) is 0 Å². The highest BCUT2D eigenvalue weighted by atomic mass is 16.1. The summed E-state index contributed by atoms with van der Waals surface area (Å²) in [4.78, 5) is 21.7. The average Bonchev–Trinajstić information content (AvgIpc) is 2.89. The molecule has 6 heteroatoms. The Hall–Kier alpha value is -4.03. The van der Waals surface area contributed by atoms with Crippen LogP contribution in [0.1, 0.15) is 41.2 Å². The van der Waals surface area contributed by atoms with Crippen LogP contribution in [-0.4, -0.2) is 22.9 Å². The number of hydrazine groups is 1. The Bertz CT molecular complexity index is 1250. The Balaban J connectivity index is 1.68. The Morgan fingerprint density at radius 1 is 1.03 bits per heavy atom. The molecule has 1 heterocycles. The van der Waals surface area contributed by atoms with Gasteiger partial charge in [-0.1, -0.05) is 48.5 Å². The van der Waals surface area contributed by atoms with E-state index in [1.807, 2.05) is 73.8 Å². The van der Waals surface area contributed by atoms with Gasteiger partial charge in [-0.15, -0.1) is 6.58 Å². The zero-order valence-electron chi connectivity index (χ0n) is 19.3. The fraction of sp³-hybridized carbons (Fsp3) is 0.179. The summed E-state index contributed by atoms with van der Waals surface area (Å²) in [6.45, 7) is 3.87. The van der Waals surface area contributed by atoms with E-state index >= 15 is 0 Å². The van der Waals surface area contributed by atoms with Crippen LogP contribution in [0.5, 0.6) is 0 Å². The van der Waals surface area contributed by atoms with E-state index < -0.39 is 0 Å². The van der Waals surface area contributed by atoms with Crippen molar-refractivity contribution in [3.63, 3.8) is 0 Å². The van der Waals surface area contributed by atoms with Gasteiger partial charge in [0.05, 0.1) is 11.6 Å². The molecule has 34 heavy (non-hydrogen) atoms. The molecule has 6 nitrogen and oxygen atoms in total. The number of rotatable bonds is 10. The van der Waals surface area contributed by atoms with Crippen molar-refractivity contribution in [2.75, 3.05) is 17.4 Å². The summed E-state index contributed by atoms with van der Waals surface area (Å²) < 4.78 is 0. The number of amides is 1. The van der Waals surface area contributed by atoms with E-state index in [2.05, 4.69) is 38.4 Å². The number of nitrogens with one attached hydrogen (secondary N) is 2. The molecule has 0 radical (unpaired) electrons. The molecule has 0 bridgehead atoms. The molecular weight excluding hydrogens is 422 g/mol. The summed E-state index contributed by atoms with van der Waals surface area (Å²) in [5.74, 6) is 0.684. The van der Waals surface area contributed by atoms with Gasteiger partial charge in [0.1, 0.15) is 6.33 Å². The van der Waals surface area contributed by atoms with Gasteiger partial charge < -0.3 is 5.32 Å². The van der Waals surface area contributed by atoms with Crippen LogP contribution < -0.4 is 15.8 Å². The third-order valence-corrected chi connectivity index (χ3v) is 5.75. The van der Waals surface area contributed by atoms with Crippen LogP contribution in [0.15, 0.2) is 97.8 Å². The van der Waals surface area contributed by atoms with Crippen LogP contribution in [0.25, 0.3) is 10.9 Å². The molecule has 0 aliphatic heterocycles. The molecule has 1 aromatic heterocycles. The highest BCUT2D eigenvalue weighted by Crippen LogP contribution is 2.33. The quantitative estimate of drug-likeness (QED) is 0.178. The fourth-order valence-corrected chi connectivity index (χ4v) is 4.11. The molecule has 3 aromatic carbocycles. The Labute approximate surface area is 200 Å². The summed E-state index contributed by atoms with van der Waals surface area (Å²) in [5.41, 5.74) is 6.70. The van der Waals surface area contributed by atoms with Gasteiger partial charge in [0, 0.05) is 23.7 Å². The summed E-state index contributed by atoms with van der Waals surface area (Å²) in [5, 5.41) is 6.09. The molecule has 2 N–H and O–H groups in total. The first-order valence-electron chi connectivity index (χ1n) is 11.4. The SMILES string of the molecule is C=CCCCC(c1cccc(NC(=O)c2ccccc2)c1)N(NC)c1ncnc2ccccc12. The molecule has 0 saturated carbocycles. The van der Waals surface area contributed by atoms with Crippen LogP contribution in [0.4, 0.5) is 11.5 Å². The third-order valence-electron chi connectivity index (χ3n) is 5.75. The number of carbonyl (C=O) groups is 1. The smallest absolute Gasteiger partial charge is 0.255 e. The molecule has 1 atom stereocenters. The van der Waals surface area contributed by atoms with Crippen LogP contribution in [-0.2, 0) is 0 Å². The second kappa shape index (κ2) is 11.2. The van der Waals surface area contributed by atoms with E-state index in [1.165, 1.54) is 0 Å². The number of anilines is 2. The Morgan fingerprint density at radius 2 is 1.82 bits per heavy atom. The normalized spacial score (nSPS) is 11.7. The van der Waals surface area contributed by atoms with Gasteiger partial charge in [0.25, 0.3) is 5.91 Å². The number of hydrogen-bond acceptors (Lipinski definition) is 5. The van der Waals surface area contributed by atoms with Crippen LogP contribution in [0.2, 0.25) is 0 Å². The van der Waals surface area contributed by atoms with Crippen LogP contribution >= 0.6 is 0 Å². The predicted octanol–water partition coefficient (Wildman–Crippen LogP) is 5.92. The molecule has 0 saturated heterocycles. The van der Waals surface area contributed by atoms with Crippen molar-refractivity contribution in [1.82, 2.24) is 15.4 Å². The molecule has 0 fully saturated rings. The largest absolute Gasteiger partial charge is 0.322 e. The van der Waals surface area contributed by atoms with Crippen molar-refractivity contribution >= 4 is 28.3 Å². The first-order chi connectivity index (χ1) is 16.7. The first kappa shape index (κ1) is 23.1. The number of hydrogen-bond donors (Lipinski definition) is 2. The number of fused-ring (bicyclic) bond motifs is 1. The Kier molecular flexibility index (Phi) is 7.63. The standard InChI is InChI=1S/C28H29N5O/c1-3-4-6-18-26(33(29-2)27-24-16-9-10-17-25(24)30-20-31-27)22-14-11-15-23(19-22)32-28(34)21-12-7-5-8-13-21/h3,5,7-17,19-20,26,29H,1,4,6,18H2,2H3,(H,32,34). The highest BCUT2D eigenvalue weighted by Gasteiger charge is 2.23. The van der Waals surface area contributed by atoms with Gasteiger partial charge in [-0.25, -0.2) is 15.4 Å². The number of allylic oxidation sites excluding steroid dienone is 1. The minimum Gasteiger partial charge on any atom is -0.322 e. The van der Waals surface area contributed by atoms with Crippen molar-refractivity contribution in [3.8, 4) is 0 Å². The number of unbranched alkanes of at least 4 members (excludes halogenated alkanes) is 1. The highest BCUT2D eigenvalue weighted by molar-refractivity contribution is 6.04. The molecule has 1 amide bonds. The lowest BCUT2D eigenvalue weighted by Gasteiger charge is -2.33. The van der Waals surface area contributed by atoms with Crippen molar-refractivity contribution in [3.05, 3.63) is 109 Å². The molecule has 172 valence electrons. The van der Waals surface area contributed by atoms with Gasteiger partial charge in [-0.2, -0.15) is 0 Å². The van der Waals surface area contributed by atoms with E-state index in [0.29, 0.717) is 5.56 Å². The lowest BCUT2D eigenvalue weighted by Crippen LogP contribution is -2.39. The van der Waals surface area contributed by atoms with Gasteiger partial charge in [0.15, 0.2) is 5.82 Å². The van der Waals surface area contributed by atoms with Gasteiger partial charge in [-0.05, 0) is 61.2 Å². The minimum absolute atomic E-state index is 0.0168. The van der Waals surface area contributed by atoms with E-state index in [0.717, 1.165) is 47.2 Å². The van der Waals surface area contributed by atoms with Crippen LogP contribution in [0, 0.1) is 0 Å². The van der Waals surface area contributed by atoms with E-state index in [1.54, 1.807) is 18.5 Å². The molecule has 0 aliphatic rings. The van der Waals surface area contributed by atoms with Gasteiger partial charge in [0.2, 0.25) is 0 Å². The summed E-state index contributed by atoms with van der Waals surface area (Å²) in [7, 11) is 1.90. The second-order valence-electron chi connectivity index (χ2n) is 7.99. The monoisotopic (exact) mass is 451 g/mol. The summed E-state index contributed by atoms with van der Waals surface area (Å²) >= 11 is 0. The number of para-hydroxylation sites is 1. The molecule has 0 spiro atoms. The maximum Gasteiger partial charge on any atom is 0.255 e. The Morgan fingerprint density at radius 3 is 2.62 bits per heavy atom. The van der Waals surface area contributed by atoms with E-state index in [4.69, 9.17) is 0 Å². The van der Waals surface area contributed by atoms with Crippen molar-refractivity contribution < 1.29 is 4.79 Å². The number of benzene rings is 3. The summed E-state index contributed by atoms with van der Waals surface area (Å²) in [6, 6.07) is 25.2. The lowest BCUT2D eigenvalue weighted by molar-refractivity contribution is 0.102. The summed E-state index contributed by atoms with van der Waals surface area (Å²) in [6.07, 6.45) is 6.30. The second-order valence-corrected chi connectivity index (χ2v) is 7.99. The van der Waals surface area contributed by atoms with E-state index in [-0.39, 0.29) is 11.9 Å². The molecular formula is C28H29N5O. The number of nitrogens with zero attached hydrogens (tertiary/aromatic N) is 3. The van der Waals surface area contributed by atoms with Gasteiger partial charge in [-0.3, -0.25) is 9.80 Å². The molecule has 0 aliphatic carbocycles. The fourth-order valence-electron chi connectivity index (χ4n) is 4.11. The van der Waals surface area contributed by atoms with Crippen molar-refractivity contribution in [2.45, 2.75) is 25.3 Å². The van der Waals surface area contributed by atoms with Crippen molar-refractivity contribution in [1.29, 1.82) is 0 Å². The topological polar surface area (TPSA) is 70.2 Å². The molecule has 4 rings (SSSR count). The third kappa shape index (κ3) is 5.30. The maximum absolute atomic E-state index is 12.7. The number of aromatic nitrogens is 2. The number of carbonyl (C=O) groups excluding carboxylic acids is 1. The maximum atomic E-state index is 12.7. The molecule has 4 aromatic rings. The van der Waals surface area contributed by atoms with Gasteiger partial charge >= 0.3 is 0 Å². The zero-order valence-corrected chi connectivity index (χ0v) is 19.3. The van der Waals surface area contributed by atoms with Crippen LogP contribution in [0.3, 0.4) is 0 Å². The van der Waals surface area contributed by atoms with E-state index in [9.17, 15) is 4.79 Å². The average molecular weight is 452 g/mol. The predicted molar refractivity (Wildman–Crippen MR) is 139 cm³/mol. The molecule has 1 unspecified atom stereocenters. The lowest BCUT2D eigenvalue weighted by atomic mass is 9.99. The first-order valence-corrected chi connectivity index (χ1v) is 11.4. The zero-order chi connectivity index (χ0) is 23.8. The minimum atomic E-state index is -0.131.